The van der Waals surface area contributed by atoms with E-state index in [0.717, 1.165) is 18.9 Å². The number of Topliss-reactive ketones (excluding diaryl/α,β-unsaturated/α-hetero) is 3. The second kappa shape index (κ2) is 7.45. The Bertz CT molecular complexity index is 1100. The number of alkyl halides is 3. The van der Waals surface area contributed by atoms with Gasteiger partial charge < -0.3 is 0 Å². The molecular formula is C21H19F3N2O4. The zero-order valence-electron chi connectivity index (χ0n) is 16.0. The monoisotopic (exact) mass is 420 g/mol. The molecule has 4 rings (SSSR count). The Morgan fingerprint density at radius 3 is 2.23 bits per heavy atom. The molecule has 0 radical (unpaired) electrons. The van der Waals surface area contributed by atoms with Crippen LogP contribution in [0.5, 0.6) is 0 Å². The van der Waals surface area contributed by atoms with Crippen LogP contribution in [0.2, 0.25) is 0 Å². The van der Waals surface area contributed by atoms with Gasteiger partial charge in [0.05, 0.1) is 5.56 Å². The number of ketones is 3. The maximum atomic E-state index is 13.8. The zero-order valence-corrected chi connectivity index (χ0v) is 16.0. The average Bonchev–Trinajstić information content (AvgIpc) is 3.20. The fraction of sp³-hybridized carbons (Fsp3) is 0.476. The topological polar surface area (TPSA) is 86.1 Å². The van der Waals surface area contributed by atoms with Crippen LogP contribution in [0.3, 0.4) is 0 Å². The third-order valence-electron chi connectivity index (χ3n) is 5.88. The lowest BCUT2D eigenvalue weighted by atomic mass is 9.81. The van der Waals surface area contributed by atoms with Gasteiger partial charge in [-0.25, -0.2) is 4.98 Å². The van der Waals surface area contributed by atoms with Crippen molar-refractivity contribution in [3.05, 3.63) is 39.8 Å². The first kappa shape index (κ1) is 20.4. The number of carbonyl (C=O) groups excluding carboxylic acids is 3. The van der Waals surface area contributed by atoms with Gasteiger partial charge in [0.2, 0.25) is 0 Å². The molecule has 2 aliphatic rings. The lowest BCUT2D eigenvalue weighted by Gasteiger charge is -2.21. The predicted molar refractivity (Wildman–Crippen MR) is 100 cm³/mol. The molecule has 2 heterocycles. The molecule has 2 aromatic rings. The summed E-state index contributed by atoms with van der Waals surface area (Å²) in [5.74, 6) is -4.23. The fourth-order valence-electron chi connectivity index (χ4n) is 4.45. The first-order valence-electron chi connectivity index (χ1n) is 9.91. The van der Waals surface area contributed by atoms with E-state index < -0.39 is 46.3 Å². The van der Waals surface area contributed by atoms with Crippen LogP contribution in [-0.4, -0.2) is 26.9 Å². The highest BCUT2D eigenvalue weighted by atomic mass is 19.4. The molecule has 0 bridgehead atoms. The van der Waals surface area contributed by atoms with Gasteiger partial charge in [0.1, 0.15) is 11.6 Å². The molecule has 0 aliphatic heterocycles. The van der Waals surface area contributed by atoms with Gasteiger partial charge in [-0.3, -0.25) is 23.7 Å². The van der Waals surface area contributed by atoms with Gasteiger partial charge in [-0.1, -0.05) is 12.8 Å². The summed E-state index contributed by atoms with van der Waals surface area (Å²) in [5, 5.41) is 0.188. The molecule has 0 unspecified atom stereocenters. The second-order valence-corrected chi connectivity index (χ2v) is 7.86. The molecule has 2 aromatic heterocycles. The van der Waals surface area contributed by atoms with Crippen molar-refractivity contribution in [3.8, 4) is 0 Å². The third kappa shape index (κ3) is 3.46. The number of fused-ring (bicyclic) bond motifs is 1. The summed E-state index contributed by atoms with van der Waals surface area (Å²) in [4.78, 5) is 53.3. The summed E-state index contributed by atoms with van der Waals surface area (Å²) in [7, 11) is 0. The molecule has 0 amide bonds. The van der Waals surface area contributed by atoms with Crippen molar-refractivity contribution in [2.75, 3.05) is 0 Å². The highest BCUT2D eigenvalue weighted by molar-refractivity contribution is 6.25. The third-order valence-corrected chi connectivity index (χ3v) is 5.88. The molecule has 0 N–H and O–H groups in total. The van der Waals surface area contributed by atoms with Crippen LogP contribution in [0.15, 0.2) is 23.0 Å². The van der Waals surface area contributed by atoms with E-state index in [9.17, 15) is 32.3 Å². The molecule has 2 saturated carbocycles. The number of aromatic nitrogens is 2. The largest absolute Gasteiger partial charge is 0.434 e. The summed E-state index contributed by atoms with van der Waals surface area (Å²) in [6.07, 6.45) is -1.70. The number of hydrogen-bond acceptors (Lipinski definition) is 5. The highest BCUT2D eigenvalue weighted by Crippen LogP contribution is 2.36. The van der Waals surface area contributed by atoms with Crippen LogP contribution < -0.4 is 5.56 Å². The molecular weight excluding hydrogens is 401 g/mol. The minimum atomic E-state index is -4.99. The van der Waals surface area contributed by atoms with Crippen LogP contribution >= 0.6 is 0 Å². The van der Waals surface area contributed by atoms with Gasteiger partial charge >= 0.3 is 6.18 Å². The maximum absolute atomic E-state index is 13.8. The number of halogens is 3. The normalized spacial score (nSPS) is 19.0. The van der Waals surface area contributed by atoms with E-state index in [1.807, 2.05) is 0 Å². The molecule has 0 aromatic carbocycles. The summed E-state index contributed by atoms with van der Waals surface area (Å²) in [6.45, 7) is 0. The fourth-order valence-corrected chi connectivity index (χ4v) is 4.45. The number of nitrogens with zero attached hydrogens (tertiary/aromatic N) is 2. The lowest BCUT2D eigenvalue weighted by Crippen LogP contribution is -2.36. The molecule has 158 valence electrons. The summed E-state index contributed by atoms with van der Waals surface area (Å²) < 4.78 is 42.8. The molecule has 30 heavy (non-hydrogen) atoms. The van der Waals surface area contributed by atoms with Crippen molar-refractivity contribution >= 4 is 28.4 Å². The Balaban J connectivity index is 1.93. The summed E-state index contributed by atoms with van der Waals surface area (Å²) in [5.41, 5.74) is -2.87. The second-order valence-electron chi connectivity index (χ2n) is 7.86. The molecule has 9 heteroatoms. The number of rotatable bonds is 3. The van der Waals surface area contributed by atoms with Gasteiger partial charge in [-0.15, -0.1) is 0 Å². The number of hydrogen-bond donors (Lipinski definition) is 0. The molecule has 2 fully saturated rings. The quantitative estimate of drug-likeness (QED) is 0.559. The highest BCUT2D eigenvalue weighted by Gasteiger charge is 2.43. The van der Waals surface area contributed by atoms with E-state index in [1.165, 1.54) is 16.7 Å². The van der Waals surface area contributed by atoms with Crippen molar-refractivity contribution < 1.29 is 27.6 Å². The first-order valence-corrected chi connectivity index (χ1v) is 9.91. The van der Waals surface area contributed by atoms with E-state index in [2.05, 4.69) is 4.98 Å². The zero-order chi connectivity index (χ0) is 21.6. The smallest absolute Gasteiger partial charge is 0.298 e. The number of carbonyl (C=O) groups is 3. The van der Waals surface area contributed by atoms with Crippen LogP contribution in [-0.2, 0) is 15.8 Å². The van der Waals surface area contributed by atoms with Crippen molar-refractivity contribution in [2.45, 2.75) is 57.2 Å². The lowest BCUT2D eigenvalue weighted by molar-refractivity contribution is -0.142. The van der Waals surface area contributed by atoms with Gasteiger partial charge in [-0.05, 0) is 31.4 Å². The Hall–Kier alpha value is -2.84. The van der Waals surface area contributed by atoms with Gasteiger partial charge in [-0.2, -0.15) is 13.2 Å². The summed E-state index contributed by atoms with van der Waals surface area (Å²) >= 11 is 0. The van der Waals surface area contributed by atoms with E-state index >= 15 is 0 Å². The SMILES string of the molecule is O=C1CCCC(=O)C1C(=O)c1cc2ccc(=O)n(C3CCCC3)c2nc1C(F)(F)F. The van der Waals surface area contributed by atoms with E-state index in [4.69, 9.17) is 0 Å². The molecule has 0 spiro atoms. The Labute approximate surface area is 169 Å². The standard InChI is InChI=1S/C21H19F3N2O4/c22-21(23,24)19-13(18(30)17-14(27)6-3-7-15(17)28)10-11-8-9-16(29)26(20(11)25-19)12-4-1-2-5-12/h8-10,12,17H,1-7H2. The molecule has 6 nitrogen and oxygen atoms in total. The van der Waals surface area contributed by atoms with E-state index in [-0.39, 0.29) is 36.3 Å². The molecule has 0 saturated heterocycles. The van der Waals surface area contributed by atoms with Crippen molar-refractivity contribution in [3.63, 3.8) is 0 Å². The van der Waals surface area contributed by atoms with Gasteiger partial charge in [0, 0.05) is 30.3 Å². The van der Waals surface area contributed by atoms with Crippen LogP contribution in [0, 0.1) is 5.92 Å². The predicted octanol–water partition coefficient (Wildman–Crippen LogP) is 3.65. The minimum Gasteiger partial charge on any atom is -0.298 e. The molecule has 0 atom stereocenters. The van der Waals surface area contributed by atoms with Gasteiger partial charge in [0.25, 0.3) is 5.56 Å². The van der Waals surface area contributed by atoms with Crippen molar-refractivity contribution in [1.29, 1.82) is 0 Å². The first-order chi connectivity index (χ1) is 14.2. The van der Waals surface area contributed by atoms with Crippen molar-refractivity contribution in [1.82, 2.24) is 9.55 Å². The van der Waals surface area contributed by atoms with Crippen molar-refractivity contribution in [2.24, 2.45) is 5.92 Å². The van der Waals surface area contributed by atoms with Gasteiger partial charge in [0.15, 0.2) is 23.0 Å². The molecule has 2 aliphatic carbocycles. The van der Waals surface area contributed by atoms with Crippen LogP contribution in [0.1, 0.15) is 67.0 Å². The minimum absolute atomic E-state index is 0.0221. The Kier molecular flexibility index (Phi) is 5.07. The summed E-state index contributed by atoms with van der Waals surface area (Å²) in [6, 6.07) is 3.31. The Morgan fingerprint density at radius 1 is 1.00 bits per heavy atom. The number of pyridine rings is 2. The maximum Gasteiger partial charge on any atom is 0.434 e. The van der Waals surface area contributed by atoms with Crippen LogP contribution in [0.4, 0.5) is 13.2 Å². The average molecular weight is 420 g/mol. The van der Waals surface area contributed by atoms with Crippen LogP contribution in [0.25, 0.3) is 11.0 Å². The van der Waals surface area contributed by atoms with E-state index in [0.29, 0.717) is 12.8 Å². The van der Waals surface area contributed by atoms with E-state index in [1.54, 1.807) is 0 Å². The Morgan fingerprint density at radius 2 is 1.63 bits per heavy atom.